The summed E-state index contributed by atoms with van der Waals surface area (Å²) in [6.45, 7) is 2.76. The molecular weight excluding hydrogens is 286 g/mol. The van der Waals surface area contributed by atoms with Crippen LogP contribution in [0.3, 0.4) is 0 Å². The fourth-order valence-corrected chi connectivity index (χ4v) is 3.46. The van der Waals surface area contributed by atoms with Crippen LogP contribution in [-0.4, -0.2) is 26.6 Å². The fraction of sp³-hybridized carbons (Fsp3) is 0.263. The molecule has 2 heterocycles. The minimum Gasteiger partial charge on any atom is -0.330 e. The zero-order chi connectivity index (χ0) is 16.0. The lowest BCUT2D eigenvalue weighted by molar-refractivity contribution is 0.0653. The van der Waals surface area contributed by atoms with E-state index >= 15 is 0 Å². The first-order valence-corrected chi connectivity index (χ1v) is 7.94. The van der Waals surface area contributed by atoms with Crippen molar-refractivity contribution >= 4 is 16.8 Å². The Balaban J connectivity index is 1.74. The van der Waals surface area contributed by atoms with Gasteiger partial charge in [0.25, 0.3) is 5.91 Å². The normalized spacial score (nSPS) is 17.3. The second kappa shape index (κ2) is 5.23. The van der Waals surface area contributed by atoms with Crippen molar-refractivity contribution in [1.29, 1.82) is 0 Å². The summed E-state index contributed by atoms with van der Waals surface area (Å²) >= 11 is 0. The van der Waals surface area contributed by atoms with Crippen molar-refractivity contribution in [3.05, 3.63) is 65.4 Å². The molecular formula is C19H19N3O. The van der Waals surface area contributed by atoms with Crippen LogP contribution in [0.15, 0.2) is 48.5 Å². The smallest absolute Gasteiger partial charge is 0.275 e. The van der Waals surface area contributed by atoms with Crippen molar-refractivity contribution in [1.82, 2.24) is 14.7 Å². The zero-order valence-electron chi connectivity index (χ0n) is 13.4. The largest absolute Gasteiger partial charge is 0.330 e. The van der Waals surface area contributed by atoms with Crippen molar-refractivity contribution < 1.29 is 4.79 Å². The summed E-state index contributed by atoms with van der Waals surface area (Å²) in [7, 11) is 1.88. The van der Waals surface area contributed by atoms with Crippen LogP contribution in [0.2, 0.25) is 0 Å². The maximum absolute atomic E-state index is 13.1. The zero-order valence-corrected chi connectivity index (χ0v) is 13.4. The Kier molecular flexibility index (Phi) is 3.18. The van der Waals surface area contributed by atoms with Crippen LogP contribution in [0.4, 0.5) is 0 Å². The minimum atomic E-state index is 0.0174. The summed E-state index contributed by atoms with van der Waals surface area (Å²) in [4.78, 5) is 15.0. The average molecular weight is 305 g/mol. The van der Waals surface area contributed by atoms with E-state index in [1.165, 1.54) is 11.1 Å². The average Bonchev–Trinajstić information content (AvgIpc) is 2.91. The summed E-state index contributed by atoms with van der Waals surface area (Å²) in [6, 6.07) is 16.4. The first-order chi connectivity index (χ1) is 11.1. The van der Waals surface area contributed by atoms with Crippen LogP contribution in [0, 0.1) is 0 Å². The van der Waals surface area contributed by atoms with Gasteiger partial charge in [-0.25, -0.2) is 0 Å². The van der Waals surface area contributed by atoms with Crippen LogP contribution in [0.5, 0.6) is 0 Å². The third-order valence-corrected chi connectivity index (χ3v) is 4.73. The summed E-state index contributed by atoms with van der Waals surface area (Å²) in [6.07, 6.45) is 0.896. The Morgan fingerprint density at radius 1 is 1.09 bits per heavy atom. The quantitative estimate of drug-likeness (QED) is 0.692. The number of nitrogens with zero attached hydrogens (tertiary/aromatic N) is 3. The fourth-order valence-electron chi connectivity index (χ4n) is 3.46. The van der Waals surface area contributed by atoms with Gasteiger partial charge in [0.15, 0.2) is 5.69 Å². The second-order valence-electron chi connectivity index (χ2n) is 6.24. The van der Waals surface area contributed by atoms with Crippen molar-refractivity contribution in [2.75, 3.05) is 0 Å². The predicted molar refractivity (Wildman–Crippen MR) is 90.2 cm³/mol. The van der Waals surface area contributed by atoms with E-state index in [2.05, 4.69) is 30.2 Å². The Labute approximate surface area is 135 Å². The van der Waals surface area contributed by atoms with Gasteiger partial charge in [0.1, 0.15) is 0 Å². The van der Waals surface area contributed by atoms with E-state index in [9.17, 15) is 4.79 Å². The van der Waals surface area contributed by atoms with Gasteiger partial charge in [-0.3, -0.25) is 9.48 Å². The maximum Gasteiger partial charge on any atom is 0.275 e. The van der Waals surface area contributed by atoms with E-state index in [1.54, 1.807) is 4.68 Å². The van der Waals surface area contributed by atoms with Gasteiger partial charge in [-0.15, -0.1) is 0 Å². The van der Waals surface area contributed by atoms with Crippen molar-refractivity contribution in [2.45, 2.75) is 25.9 Å². The lowest BCUT2D eigenvalue weighted by Crippen LogP contribution is -2.42. The molecule has 4 rings (SSSR count). The lowest BCUT2D eigenvalue weighted by Gasteiger charge is -2.34. The summed E-state index contributed by atoms with van der Waals surface area (Å²) in [5, 5.41) is 5.40. The van der Waals surface area contributed by atoms with E-state index in [-0.39, 0.29) is 11.9 Å². The van der Waals surface area contributed by atoms with Gasteiger partial charge in [0.05, 0.1) is 5.52 Å². The van der Waals surface area contributed by atoms with Gasteiger partial charge in [-0.1, -0.05) is 42.5 Å². The molecule has 1 unspecified atom stereocenters. The van der Waals surface area contributed by atoms with E-state index < -0.39 is 0 Å². The van der Waals surface area contributed by atoms with Gasteiger partial charge in [-0.05, 0) is 30.5 Å². The Bertz CT molecular complexity index is 897. The summed E-state index contributed by atoms with van der Waals surface area (Å²) in [5.41, 5.74) is 4.12. The number of carbonyl (C=O) groups is 1. The van der Waals surface area contributed by atoms with Crippen LogP contribution < -0.4 is 0 Å². The SMILES string of the molecule is CC1Cc2ccccc2CN1C(=O)c1nn(C)c2ccccc12. The second-order valence-corrected chi connectivity index (χ2v) is 6.24. The molecule has 0 saturated carbocycles. The number of rotatable bonds is 1. The van der Waals surface area contributed by atoms with Crippen molar-refractivity contribution in [2.24, 2.45) is 7.05 Å². The molecule has 23 heavy (non-hydrogen) atoms. The summed E-state index contributed by atoms with van der Waals surface area (Å²) in [5.74, 6) is 0.0174. The Morgan fingerprint density at radius 3 is 2.61 bits per heavy atom. The molecule has 0 N–H and O–H groups in total. The molecule has 0 aliphatic carbocycles. The van der Waals surface area contributed by atoms with Crippen LogP contribution in [0.25, 0.3) is 10.9 Å². The molecule has 116 valence electrons. The first kappa shape index (κ1) is 14.0. The molecule has 1 aliphatic rings. The molecule has 1 atom stereocenters. The predicted octanol–water partition coefficient (Wildman–Crippen LogP) is 3.16. The van der Waals surface area contributed by atoms with E-state index in [4.69, 9.17) is 0 Å². The number of hydrogen-bond acceptors (Lipinski definition) is 2. The van der Waals surface area contributed by atoms with Crippen LogP contribution >= 0.6 is 0 Å². The van der Waals surface area contributed by atoms with Gasteiger partial charge >= 0.3 is 0 Å². The molecule has 1 amide bonds. The van der Waals surface area contributed by atoms with Crippen molar-refractivity contribution in [3.63, 3.8) is 0 Å². The van der Waals surface area contributed by atoms with Gasteiger partial charge in [0.2, 0.25) is 0 Å². The monoisotopic (exact) mass is 305 g/mol. The molecule has 1 aromatic heterocycles. The number of fused-ring (bicyclic) bond motifs is 2. The maximum atomic E-state index is 13.1. The molecule has 0 fully saturated rings. The topological polar surface area (TPSA) is 38.1 Å². The number of benzene rings is 2. The van der Waals surface area contributed by atoms with Crippen LogP contribution in [-0.2, 0) is 20.0 Å². The molecule has 2 aromatic carbocycles. The number of hydrogen-bond donors (Lipinski definition) is 0. The molecule has 0 saturated heterocycles. The Hall–Kier alpha value is -2.62. The molecule has 3 aromatic rings. The molecule has 4 nitrogen and oxygen atoms in total. The molecule has 0 bridgehead atoms. The van der Waals surface area contributed by atoms with Crippen LogP contribution in [0.1, 0.15) is 28.5 Å². The highest BCUT2D eigenvalue weighted by molar-refractivity contribution is 6.05. The van der Waals surface area contributed by atoms with E-state index in [0.29, 0.717) is 12.2 Å². The number of carbonyl (C=O) groups excluding carboxylic acids is 1. The Morgan fingerprint density at radius 2 is 1.78 bits per heavy atom. The van der Waals surface area contributed by atoms with Gasteiger partial charge < -0.3 is 4.90 Å². The number of para-hydroxylation sites is 1. The van der Waals surface area contributed by atoms with Gasteiger partial charge in [-0.2, -0.15) is 5.10 Å². The molecule has 0 spiro atoms. The van der Waals surface area contributed by atoms with Gasteiger partial charge in [0, 0.05) is 25.0 Å². The highest BCUT2D eigenvalue weighted by Crippen LogP contribution is 2.26. The number of amides is 1. The van der Waals surface area contributed by atoms with E-state index in [1.807, 2.05) is 42.3 Å². The highest BCUT2D eigenvalue weighted by atomic mass is 16.2. The number of aromatic nitrogens is 2. The molecule has 4 heteroatoms. The first-order valence-electron chi connectivity index (χ1n) is 7.94. The lowest BCUT2D eigenvalue weighted by atomic mass is 9.94. The molecule has 1 aliphatic heterocycles. The standard InChI is InChI=1S/C19H19N3O/c1-13-11-14-7-3-4-8-15(14)12-22(13)19(23)18-16-9-5-6-10-17(16)21(2)20-18/h3-10,13H,11-12H2,1-2H3. The van der Waals surface area contributed by atoms with Crippen molar-refractivity contribution in [3.8, 4) is 0 Å². The number of aryl methyl sites for hydroxylation is 1. The minimum absolute atomic E-state index is 0.0174. The van der Waals surface area contributed by atoms with E-state index in [0.717, 1.165) is 17.3 Å². The third-order valence-electron chi connectivity index (χ3n) is 4.73. The third kappa shape index (κ3) is 2.22. The molecule has 0 radical (unpaired) electrons. The highest BCUT2D eigenvalue weighted by Gasteiger charge is 2.29. The summed E-state index contributed by atoms with van der Waals surface area (Å²) < 4.78 is 1.78.